The Labute approximate surface area is 395 Å². The number of anilines is 2. The number of ether oxygens (including phenoxy) is 3. The molecule has 68 heavy (non-hydrogen) atoms. The summed E-state index contributed by atoms with van der Waals surface area (Å²) in [6, 6.07) is 0. The molecule has 388 valence electrons. The molecule has 2 aliphatic rings. The highest BCUT2D eigenvalue weighted by molar-refractivity contribution is 7.47. The van der Waals surface area contributed by atoms with E-state index in [0.717, 1.165) is 17.2 Å². The lowest BCUT2D eigenvalue weighted by molar-refractivity contribution is -0.0582. The summed E-state index contributed by atoms with van der Waals surface area (Å²) >= 11 is 0. The molecule has 27 nitrogen and oxygen atoms in total. The van der Waals surface area contributed by atoms with E-state index < -0.39 is 83.5 Å². The van der Waals surface area contributed by atoms with E-state index in [0.29, 0.717) is 0 Å². The Morgan fingerprint density at radius 2 is 1.16 bits per heavy atom. The topological polar surface area (TPSA) is 360 Å². The van der Waals surface area contributed by atoms with E-state index in [9.17, 15) is 38.8 Å². The van der Waals surface area contributed by atoms with Gasteiger partial charge in [-0.1, -0.05) is 62.3 Å². The number of nitrogens with two attached hydrogens (primary N) is 2. The first-order chi connectivity index (χ1) is 32.2. The molecule has 2 aliphatic heterocycles. The second-order valence-corrected chi connectivity index (χ2v) is 17.8. The van der Waals surface area contributed by atoms with Gasteiger partial charge in [0.1, 0.15) is 48.5 Å². The molecular formula is C39H73N13O14P2. The van der Waals surface area contributed by atoms with E-state index in [1.54, 1.807) is 0 Å². The fourth-order valence-corrected chi connectivity index (χ4v) is 8.56. The number of nitrogens with zero attached hydrogens (tertiary/aromatic N) is 10. The quantitative estimate of drug-likeness (QED) is 0.0579. The number of aliphatic hydroxyl groups excluding tert-OH is 2. The zero-order chi connectivity index (χ0) is 50.9. The van der Waals surface area contributed by atoms with Gasteiger partial charge < -0.3 is 65.3 Å². The molecule has 2 saturated heterocycles. The number of nitrogen functional groups attached to an aromatic ring is 2. The highest BCUT2D eigenvalue weighted by Crippen LogP contribution is 2.50. The van der Waals surface area contributed by atoms with Crippen LogP contribution in [-0.4, -0.2) is 194 Å². The molecule has 4 aromatic heterocycles. The Morgan fingerprint density at radius 1 is 0.676 bits per heavy atom. The van der Waals surface area contributed by atoms with Crippen molar-refractivity contribution in [3.8, 4) is 0 Å². The molecule has 0 aliphatic carbocycles. The van der Waals surface area contributed by atoms with Crippen molar-refractivity contribution in [3.05, 3.63) is 29.3 Å². The lowest BCUT2D eigenvalue weighted by atomic mass is 10.1. The van der Waals surface area contributed by atoms with Gasteiger partial charge in [0.2, 0.25) is 5.95 Å². The van der Waals surface area contributed by atoms with Gasteiger partial charge in [-0.25, -0.2) is 29.1 Å². The third-order valence-corrected chi connectivity index (χ3v) is 12.8. The fraction of sp³-hybridized carbons (Fsp3) is 0.744. The first kappa shape index (κ1) is 58.7. The van der Waals surface area contributed by atoms with Gasteiger partial charge in [-0.2, -0.15) is 4.98 Å². The average molecular weight is 1010 g/mol. The zero-order valence-corrected chi connectivity index (χ0v) is 42.3. The second kappa shape index (κ2) is 27.7. The Balaban J connectivity index is 0.000000485. The maximum absolute atomic E-state index is 13.2. The van der Waals surface area contributed by atoms with Crippen molar-refractivity contribution in [2.45, 2.75) is 111 Å². The van der Waals surface area contributed by atoms with Gasteiger partial charge in [-0.3, -0.25) is 32.5 Å². The van der Waals surface area contributed by atoms with E-state index in [1.165, 1.54) is 76.9 Å². The van der Waals surface area contributed by atoms with Gasteiger partial charge in [0, 0.05) is 7.11 Å². The number of aromatic nitrogens is 8. The number of imidazole rings is 2. The molecule has 2 fully saturated rings. The number of aliphatic hydroxyl groups is 2. The maximum atomic E-state index is 13.2. The number of methoxy groups -OCH3 is 1. The first-order valence-corrected chi connectivity index (χ1v) is 25.6. The lowest BCUT2D eigenvalue weighted by Gasteiger charge is -2.26. The standard InChI is InChI=1S/C21H28N10O14P2.3C6H15N/c1-40-14-13(8(3-41-46(35,36)37)44-20(14)30-5-26-9-15(22)24-4-25-16(9)30)45-47(38,39)42-2-7-11(32)12(33)19(43-7)31-6-27-10-17(31)28-21(23)29-18(10)34;3*1-4-7(5-2)6-3/h4-8,11-14,19-20,32-33H,2-3H2,1H3,(H,38,39)(H2,22,24,25)(H2,35,36,37)(H3,23,28,29,34);3*4-6H2,1-3H3/t7-,8-,11?,12+,13?,14+,19-,20-;;;/m1.../s1. The largest absolute Gasteiger partial charge is 0.472 e. The van der Waals surface area contributed by atoms with Crippen LogP contribution in [-0.2, 0) is 36.9 Å². The Kier molecular flexibility index (Phi) is 23.9. The van der Waals surface area contributed by atoms with Crippen molar-refractivity contribution < 1.29 is 61.8 Å². The smallest absolute Gasteiger partial charge is 0.387 e. The highest BCUT2D eigenvalue weighted by Gasteiger charge is 2.52. The van der Waals surface area contributed by atoms with Crippen LogP contribution in [0.5, 0.6) is 0 Å². The number of H-pyrrole nitrogens is 1. The number of hydrogen-bond donors (Lipinski definition) is 8. The highest BCUT2D eigenvalue weighted by atomic mass is 31.2. The van der Waals surface area contributed by atoms with Gasteiger partial charge in [0.15, 0.2) is 35.1 Å². The SMILES string of the molecule is CCN(CC)CC.CCN(CC)CC.CCN(CC)CC.CO[C@H]1C(OP(=O)(O)OC[C@H]2O[C@@H](n3cnc4c(=O)[nH]c(N)nc43)[C@@H](O)C2O)[C@@H](COP(=O)(O)O)O[C@H]1n1cnc2c(N)ncnc21. The Bertz CT molecular complexity index is 2210. The molecule has 0 amide bonds. The van der Waals surface area contributed by atoms with Gasteiger partial charge in [0.25, 0.3) is 5.56 Å². The number of hydrogen-bond acceptors (Lipinski definition) is 21. The summed E-state index contributed by atoms with van der Waals surface area (Å²) in [6.07, 6.45) is -7.99. The third kappa shape index (κ3) is 16.0. The number of aromatic amines is 1. The zero-order valence-electron chi connectivity index (χ0n) is 40.6. The van der Waals surface area contributed by atoms with E-state index in [-0.39, 0.29) is 34.1 Å². The molecule has 0 saturated carbocycles. The Morgan fingerprint density at radius 3 is 1.65 bits per heavy atom. The molecule has 29 heteroatoms. The van der Waals surface area contributed by atoms with E-state index >= 15 is 0 Å². The van der Waals surface area contributed by atoms with Crippen LogP contribution >= 0.6 is 15.6 Å². The number of nitrogens with one attached hydrogen (secondary N) is 1. The molecule has 6 rings (SSSR count). The minimum Gasteiger partial charge on any atom is -0.387 e. The maximum Gasteiger partial charge on any atom is 0.472 e. The second-order valence-electron chi connectivity index (χ2n) is 15.1. The normalized spacial score (nSPS) is 23.6. The van der Waals surface area contributed by atoms with Gasteiger partial charge >= 0.3 is 15.6 Å². The minimum atomic E-state index is -5.13. The summed E-state index contributed by atoms with van der Waals surface area (Å²) in [5.74, 6) is -0.201. The van der Waals surface area contributed by atoms with Crippen LogP contribution in [0, 0.1) is 0 Å². The lowest BCUT2D eigenvalue weighted by Crippen LogP contribution is -2.38. The third-order valence-electron chi connectivity index (χ3n) is 11.4. The molecule has 6 heterocycles. The van der Waals surface area contributed by atoms with E-state index in [2.05, 4.69) is 111 Å². The van der Waals surface area contributed by atoms with Crippen molar-refractivity contribution in [3.63, 3.8) is 0 Å². The molecule has 4 aromatic rings. The van der Waals surface area contributed by atoms with Crippen molar-refractivity contribution in [1.29, 1.82) is 0 Å². The van der Waals surface area contributed by atoms with E-state index in [4.69, 9.17) is 34.7 Å². The van der Waals surface area contributed by atoms with Crippen LogP contribution in [0.1, 0.15) is 74.8 Å². The van der Waals surface area contributed by atoms with Crippen LogP contribution in [0.15, 0.2) is 23.8 Å². The first-order valence-electron chi connectivity index (χ1n) is 22.6. The number of fused-ring (bicyclic) bond motifs is 2. The summed E-state index contributed by atoms with van der Waals surface area (Å²) in [7, 11) is -8.95. The molecule has 0 spiro atoms. The molecule has 0 radical (unpaired) electrons. The summed E-state index contributed by atoms with van der Waals surface area (Å²) in [5.41, 5.74) is 11.0. The van der Waals surface area contributed by atoms with Gasteiger partial charge in [-0.15, -0.1) is 0 Å². The number of phosphoric acid groups is 2. The number of rotatable bonds is 20. The summed E-state index contributed by atoms with van der Waals surface area (Å²) in [6.45, 7) is 28.7. The summed E-state index contributed by atoms with van der Waals surface area (Å²) in [5, 5.41) is 21.3. The van der Waals surface area contributed by atoms with Crippen LogP contribution in [0.2, 0.25) is 0 Å². The molecule has 10 N–H and O–H groups in total. The molecular weight excluding hydrogens is 936 g/mol. The van der Waals surface area contributed by atoms with Crippen molar-refractivity contribution in [2.75, 3.05) is 90.7 Å². The molecule has 9 atom stereocenters. The monoisotopic (exact) mass is 1010 g/mol. The van der Waals surface area contributed by atoms with Crippen LogP contribution in [0.4, 0.5) is 11.8 Å². The van der Waals surface area contributed by atoms with E-state index in [1.807, 2.05) is 0 Å². The van der Waals surface area contributed by atoms with Gasteiger partial charge in [0.05, 0.1) is 25.9 Å². The van der Waals surface area contributed by atoms with Crippen molar-refractivity contribution in [2.24, 2.45) is 0 Å². The number of phosphoric ester groups is 2. The fourth-order valence-electron chi connectivity index (χ4n) is 7.26. The Hall–Kier alpha value is -3.60. The van der Waals surface area contributed by atoms with Crippen LogP contribution < -0.4 is 17.0 Å². The van der Waals surface area contributed by atoms with Crippen LogP contribution in [0.3, 0.4) is 0 Å². The summed E-state index contributed by atoms with van der Waals surface area (Å²) in [4.78, 5) is 70.8. The molecule has 3 unspecified atom stereocenters. The van der Waals surface area contributed by atoms with Gasteiger partial charge in [-0.05, 0) is 58.9 Å². The van der Waals surface area contributed by atoms with Crippen molar-refractivity contribution >= 4 is 49.7 Å². The average Bonchev–Trinajstić information content (AvgIpc) is 4.08. The predicted molar refractivity (Wildman–Crippen MR) is 252 cm³/mol. The van der Waals surface area contributed by atoms with Crippen LogP contribution in [0.25, 0.3) is 22.3 Å². The predicted octanol–water partition coefficient (Wildman–Crippen LogP) is 1.31. The minimum absolute atomic E-state index is 0.0436. The van der Waals surface area contributed by atoms with Crippen molar-refractivity contribution in [1.82, 2.24) is 53.7 Å². The molecule has 0 aromatic carbocycles. The molecule has 0 bridgehead atoms. The summed E-state index contributed by atoms with van der Waals surface area (Å²) < 4.78 is 59.3.